The highest BCUT2D eigenvalue weighted by Gasteiger charge is 2.03. The van der Waals surface area contributed by atoms with Crippen molar-refractivity contribution in [1.82, 2.24) is 0 Å². The van der Waals surface area contributed by atoms with Crippen LogP contribution in [0, 0.1) is 5.92 Å². The van der Waals surface area contributed by atoms with E-state index in [0.29, 0.717) is 18.1 Å². The number of carbonyl (C=O) groups excluding carboxylic acids is 1. The molecule has 0 unspecified atom stereocenters. The van der Waals surface area contributed by atoms with Gasteiger partial charge in [0.1, 0.15) is 12.0 Å². The van der Waals surface area contributed by atoms with Gasteiger partial charge in [-0.25, -0.2) is 0 Å². The number of ether oxygens (including phenoxy) is 1. The van der Waals surface area contributed by atoms with E-state index in [1.165, 1.54) is 0 Å². The summed E-state index contributed by atoms with van der Waals surface area (Å²) >= 11 is 3.35. The van der Waals surface area contributed by atoms with E-state index in [4.69, 9.17) is 4.74 Å². The lowest BCUT2D eigenvalue weighted by atomic mass is 10.2. The Kier molecular flexibility index (Phi) is 4.14. The number of aldehydes is 1. The number of rotatable bonds is 4. The number of benzene rings is 1. The molecule has 0 amide bonds. The molecular weight excluding hydrogens is 244 g/mol. The van der Waals surface area contributed by atoms with Gasteiger partial charge in [-0.15, -0.1) is 0 Å². The van der Waals surface area contributed by atoms with E-state index in [9.17, 15) is 4.79 Å². The normalized spacial score (nSPS) is 10.3. The standard InChI is InChI=1S/C11H13BrO2/c1-8(2)7-14-11-4-3-9(6-13)5-10(11)12/h3-6,8H,7H2,1-2H3. The van der Waals surface area contributed by atoms with Crippen LogP contribution in [0.15, 0.2) is 22.7 Å². The van der Waals surface area contributed by atoms with E-state index in [1.54, 1.807) is 18.2 Å². The molecular formula is C11H13BrO2. The molecule has 2 nitrogen and oxygen atoms in total. The molecule has 0 bridgehead atoms. The molecule has 14 heavy (non-hydrogen) atoms. The maximum atomic E-state index is 10.5. The van der Waals surface area contributed by atoms with Crippen LogP contribution in [0.25, 0.3) is 0 Å². The second-order valence-corrected chi connectivity index (χ2v) is 4.37. The van der Waals surface area contributed by atoms with Crippen molar-refractivity contribution in [3.05, 3.63) is 28.2 Å². The molecule has 3 heteroatoms. The molecule has 0 radical (unpaired) electrons. The Morgan fingerprint density at radius 1 is 1.50 bits per heavy atom. The quantitative estimate of drug-likeness (QED) is 0.773. The van der Waals surface area contributed by atoms with Crippen molar-refractivity contribution in [2.45, 2.75) is 13.8 Å². The first kappa shape index (κ1) is 11.2. The van der Waals surface area contributed by atoms with Crippen LogP contribution in [0.5, 0.6) is 5.75 Å². The summed E-state index contributed by atoms with van der Waals surface area (Å²) in [5, 5.41) is 0. The van der Waals surface area contributed by atoms with Gasteiger partial charge in [-0.2, -0.15) is 0 Å². The van der Waals surface area contributed by atoms with E-state index in [1.807, 2.05) is 0 Å². The monoisotopic (exact) mass is 256 g/mol. The maximum absolute atomic E-state index is 10.5. The van der Waals surface area contributed by atoms with Gasteiger partial charge >= 0.3 is 0 Å². The van der Waals surface area contributed by atoms with Gasteiger partial charge in [-0.1, -0.05) is 13.8 Å². The Labute approximate surface area is 92.4 Å². The summed E-state index contributed by atoms with van der Waals surface area (Å²) in [5.41, 5.74) is 0.647. The number of hydrogen-bond donors (Lipinski definition) is 0. The van der Waals surface area contributed by atoms with Crippen molar-refractivity contribution < 1.29 is 9.53 Å². The fourth-order valence-electron chi connectivity index (χ4n) is 0.964. The fraction of sp³-hybridized carbons (Fsp3) is 0.364. The summed E-state index contributed by atoms with van der Waals surface area (Å²) in [6.45, 7) is 4.86. The average Bonchev–Trinajstić information content (AvgIpc) is 2.15. The van der Waals surface area contributed by atoms with Crippen LogP contribution in [0.2, 0.25) is 0 Å². The molecule has 0 N–H and O–H groups in total. The third kappa shape index (κ3) is 3.14. The van der Waals surface area contributed by atoms with Gasteiger partial charge in [0, 0.05) is 5.56 Å². The zero-order chi connectivity index (χ0) is 10.6. The van der Waals surface area contributed by atoms with Gasteiger partial charge in [0.25, 0.3) is 0 Å². The minimum absolute atomic E-state index is 0.493. The van der Waals surface area contributed by atoms with E-state index in [-0.39, 0.29) is 0 Å². The fourth-order valence-corrected chi connectivity index (χ4v) is 1.47. The Hall–Kier alpha value is -0.830. The van der Waals surface area contributed by atoms with Gasteiger partial charge in [0.05, 0.1) is 11.1 Å². The van der Waals surface area contributed by atoms with Gasteiger partial charge in [-0.3, -0.25) is 4.79 Å². The van der Waals surface area contributed by atoms with Crippen LogP contribution in [-0.4, -0.2) is 12.9 Å². The molecule has 0 fully saturated rings. The molecule has 0 aliphatic heterocycles. The number of hydrogen-bond acceptors (Lipinski definition) is 2. The molecule has 0 saturated heterocycles. The Bertz CT molecular complexity index is 321. The predicted molar refractivity (Wildman–Crippen MR) is 59.9 cm³/mol. The highest BCUT2D eigenvalue weighted by Crippen LogP contribution is 2.25. The second-order valence-electron chi connectivity index (χ2n) is 3.51. The van der Waals surface area contributed by atoms with Gasteiger partial charge in [-0.05, 0) is 40.0 Å². The van der Waals surface area contributed by atoms with Crippen LogP contribution >= 0.6 is 15.9 Å². The summed E-state index contributed by atoms with van der Waals surface area (Å²) in [5.74, 6) is 1.27. The average molecular weight is 257 g/mol. The Balaban J connectivity index is 2.73. The van der Waals surface area contributed by atoms with Gasteiger partial charge in [0.2, 0.25) is 0 Å². The van der Waals surface area contributed by atoms with Crippen LogP contribution in [0.1, 0.15) is 24.2 Å². The molecule has 0 spiro atoms. The lowest BCUT2D eigenvalue weighted by molar-refractivity contribution is 0.112. The largest absolute Gasteiger partial charge is 0.492 e. The van der Waals surface area contributed by atoms with Crippen molar-refractivity contribution in [2.24, 2.45) is 5.92 Å². The van der Waals surface area contributed by atoms with E-state index in [2.05, 4.69) is 29.8 Å². The lowest BCUT2D eigenvalue weighted by Crippen LogP contribution is -2.04. The first-order chi connectivity index (χ1) is 6.63. The van der Waals surface area contributed by atoms with Gasteiger partial charge in [0.15, 0.2) is 0 Å². The first-order valence-corrected chi connectivity index (χ1v) is 5.30. The summed E-state index contributed by atoms with van der Waals surface area (Å²) in [7, 11) is 0. The van der Waals surface area contributed by atoms with E-state index < -0.39 is 0 Å². The van der Waals surface area contributed by atoms with Crippen molar-refractivity contribution in [3.63, 3.8) is 0 Å². The molecule has 1 rings (SSSR count). The highest BCUT2D eigenvalue weighted by molar-refractivity contribution is 9.10. The minimum Gasteiger partial charge on any atom is -0.492 e. The Morgan fingerprint density at radius 2 is 2.21 bits per heavy atom. The van der Waals surface area contributed by atoms with Crippen molar-refractivity contribution in [2.75, 3.05) is 6.61 Å². The topological polar surface area (TPSA) is 26.3 Å². The molecule has 76 valence electrons. The zero-order valence-electron chi connectivity index (χ0n) is 8.29. The van der Waals surface area contributed by atoms with Crippen LogP contribution < -0.4 is 4.74 Å². The van der Waals surface area contributed by atoms with E-state index in [0.717, 1.165) is 16.5 Å². The second kappa shape index (κ2) is 5.15. The van der Waals surface area contributed by atoms with Crippen molar-refractivity contribution >= 4 is 22.2 Å². The highest BCUT2D eigenvalue weighted by atomic mass is 79.9. The molecule has 1 aromatic rings. The lowest BCUT2D eigenvalue weighted by Gasteiger charge is -2.10. The molecule has 0 saturated carbocycles. The summed E-state index contributed by atoms with van der Waals surface area (Å²) in [6.07, 6.45) is 0.816. The first-order valence-electron chi connectivity index (χ1n) is 4.51. The summed E-state index contributed by atoms with van der Waals surface area (Å²) < 4.78 is 6.36. The molecule has 0 heterocycles. The van der Waals surface area contributed by atoms with Crippen LogP contribution in [-0.2, 0) is 0 Å². The third-order valence-electron chi connectivity index (χ3n) is 1.66. The van der Waals surface area contributed by atoms with Gasteiger partial charge < -0.3 is 4.74 Å². The summed E-state index contributed by atoms with van der Waals surface area (Å²) in [4.78, 5) is 10.5. The summed E-state index contributed by atoms with van der Waals surface area (Å²) in [6, 6.07) is 5.30. The Morgan fingerprint density at radius 3 is 2.71 bits per heavy atom. The maximum Gasteiger partial charge on any atom is 0.150 e. The molecule has 0 aromatic heterocycles. The predicted octanol–water partition coefficient (Wildman–Crippen LogP) is 3.30. The zero-order valence-corrected chi connectivity index (χ0v) is 9.87. The van der Waals surface area contributed by atoms with Crippen molar-refractivity contribution in [1.29, 1.82) is 0 Å². The van der Waals surface area contributed by atoms with E-state index >= 15 is 0 Å². The molecule has 0 aliphatic carbocycles. The minimum atomic E-state index is 0.493. The van der Waals surface area contributed by atoms with Crippen LogP contribution in [0.3, 0.4) is 0 Å². The number of carbonyl (C=O) groups is 1. The molecule has 0 atom stereocenters. The SMILES string of the molecule is CC(C)COc1ccc(C=O)cc1Br. The van der Waals surface area contributed by atoms with Crippen LogP contribution in [0.4, 0.5) is 0 Å². The third-order valence-corrected chi connectivity index (χ3v) is 2.28. The smallest absolute Gasteiger partial charge is 0.150 e. The van der Waals surface area contributed by atoms with Crippen molar-refractivity contribution in [3.8, 4) is 5.75 Å². The molecule has 1 aromatic carbocycles. The number of halogens is 1. The molecule has 0 aliphatic rings.